The van der Waals surface area contributed by atoms with Gasteiger partial charge in [-0.05, 0) is 38.3 Å². The summed E-state index contributed by atoms with van der Waals surface area (Å²) in [5.74, 6) is 1.56. The summed E-state index contributed by atoms with van der Waals surface area (Å²) in [6.07, 6.45) is 5.75. The molecule has 1 aromatic carbocycles. The van der Waals surface area contributed by atoms with Crippen molar-refractivity contribution in [1.82, 2.24) is 0 Å². The van der Waals surface area contributed by atoms with Gasteiger partial charge in [-0.15, -0.1) is 0 Å². The summed E-state index contributed by atoms with van der Waals surface area (Å²) in [6, 6.07) is 3.70. The number of esters is 1. The van der Waals surface area contributed by atoms with E-state index in [-0.39, 0.29) is 5.97 Å². The molecule has 1 aromatic rings. The van der Waals surface area contributed by atoms with E-state index in [2.05, 4.69) is 6.92 Å². The molecule has 25 heavy (non-hydrogen) atoms. The van der Waals surface area contributed by atoms with Gasteiger partial charge in [0.2, 0.25) is 0 Å². The van der Waals surface area contributed by atoms with Gasteiger partial charge in [0.1, 0.15) is 5.75 Å². The van der Waals surface area contributed by atoms with Gasteiger partial charge in [-0.25, -0.2) is 4.79 Å². The average Bonchev–Trinajstić information content (AvgIpc) is 2.61. The minimum absolute atomic E-state index is 0.340. The first-order valence-electron chi connectivity index (χ1n) is 9.07. The molecule has 0 aliphatic heterocycles. The first kappa shape index (κ1) is 20.9. The smallest absolute Gasteiger partial charge is 0.330 e. The lowest BCUT2D eigenvalue weighted by molar-refractivity contribution is -0.137. The van der Waals surface area contributed by atoms with Crippen molar-refractivity contribution >= 4 is 12.0 Å². The van der Waals surface area contributed by atoms with Crippen molar-refractivity contribution in [2.45, 2.75) is 47.0 Å². The third kappa shape index (κ3) is 7.50. The molecule has 0 aliphatic carbocycles. The van der Waals surface area contributed by atoms with Crippen molar-refractivity contribution in [3.63, 3.8) is 0 Å². The van der Waals surface area contributed by atoms with Crippen molar-refractivity contribution in [3.8, 4) is 17.2 Å². The quantitative estimate of drug-likeness (QED) is 0.406. The van der Waals surface area contributed by atoms with E-state index < -0.39 is 0 Å². The Morgan fingerprint density at radius 1 is 0.920 bits per heavy atom. The minimum atomic E-state index is -0.389. The summed E-state index contributed by atoms with van der Waals surface area (Å²) in [5, 5.41) is 0. The minimum Gasteiger partial charge on any atom is -0.493 e. The maximum Gasteiger partial charge on any atom is 0.330 e. The van der Waals surface area contributed by atoms with Crippen molar-refractivity contribution in [2.75, 3.05) is 26.4 Å². The molecule has 0 saturated heterocycles. The van der Waals surface area contributed by atoms with Crippen LogP contribution < -0.4 is 14.2 Å². The lowest BCUT2D eigenvalue weighted by Crippen LogP contribution is -2.05. The first-order valence-corrected chi connectivity index (χ1v) is 9.07. The van der Waals surface area contributed by atoms with Crippen LogP contribution in [0, 0.1) is 0 Å². The van der Waals surface area contributed by atoms with Crippen molar-refractivity contribution in [3.05, 3.63) is 23.8 Å². The Balaban J connectivity index is 3.21. The van der Waals surface area contributed by atoms with Crippen LogP contribution in [0.2, 0.25) is 0 Å². The van der Waals surface area contributed by atoms with E-state index in [1.807, 2.05) is 26.0 Å². The molecule has 0 amide bonds. The third-order valence-corrected chi connectivity index (χ3v) is 3.13. The molecule has 0 bridgehead atoms. The van der Waals surface area contributed by atoms with Crippen LogP contribution in [0.1, 0.15) is 52.5 Å². The van der Waals surface area contributed by atoms with Gasteiger partial charge in [-0.3, -0.25) is 0 Å². The topological polar surface area (TPSA) is 54.0 Å². The fraction of sp³-hybridized carbons (Fsp3) is 0.550. The van der Waals surface area contributed by atoms with Crippen LogP contribution >= 0.6 is 0 Å². The SMILES string of the molecule is CCCOc1cc(C=CC(=O)OCC)c(OCCC)c(OCCC)c1. The monoisotopic (exact) mass is 350 g/mol. The Morgan fingerprint density at radius 2 is 1.56 bits per heavy atom. The molecule has 140 valence electrons. The third-order valence-electron chi connectivity index (χ3n) is 3.13. The van der Waals surface area contributed by atoms with E-state index >= 15 is 0 Å². The van der Waals surface area contributed by atoms with Gasteiger partial charge in [0.05, 0.1) is 26.4 Å². The fourth-order valence-electron chi connectivity index (χ4n) is 2.05. The Hall–Kier alpha value is -2.17. The highest BCUT2D eigenvalue weighted by Gasteiger charge is 2.14. The molecule has 0 aromatic heterocycles. The number of benzene rings is 1. The van der Waals surface area contributed by atoms with E-state index in [0.717, 1.165) is 24.8 Å². The van der Waals surface area contributed by atoms with E-state index in [9.17, 15) is 4.79 Å². The number of rotatable bonds is 12. The number of hydrogen-bond acceptors (Lipinski definition) is 5. The van der Waals surface area contributed by atoms with Gasteiger partial charge >= 0.3 is 5.97 Å². The van der Waals surface area contributed by atoms with E-state index in [1.54, 1.807) is 13.0 Å². The fourth-order valence-corrected chi connectivity index (χ4v) is 2.05. The van der Waals surface area contributed by atoms with Crippen LogP contribution in [-0.2, 0) is 9.53 Å². The number of carbonyl (C=O) groups is 1. The molecule has 0 heterocycles. The molecule has 0 N–H and O–H groups in total. The summed E-state index contributed by atoms with van der Waals surface area (Å²) in [7, 11) is 0. The maximum absolute atomic E-state index is 11.6. The lowest BCUT2D eigenvalue weighted by Gasteiger charge is -2.17. The maximum atomic E-state index is 11.6. The first-order chi connectivity index (χ1) is 12.2. The largest absolute Gasteiger partial charge is 0.493 e. The van der Waals surface area contributed by atoms with Gasteiger partial charge < -0.3 is 18.9 Å². The second-order valence-corrected chi connectivity index (χ2v) is 5.47. The van der Waals surface area contributed by atoms with Crippen molar-refractivity contribution in [1.29, 1.82) is 0 Å². The molecule has 5 heteroatoms. The van der Waals surface area contributed by atoms with E-state index in [0.29, 0.717) is 43.7 Å². The van der Waals surface area contributed by atoms with Crippen LogP contribution in [-0.4, -0.2) is 32.4 Å². The molecule has 0 atom stereocenters. The van der Waals surface area contributed by atoms with Gasteiger partial charge in [-0.1, -0.05) is 20.8 Å². The highest BCUT2D eigenvalue weighted by molar-refractivity contribution is 5.88. The summed E-state index contributed by atoms with van der Waals surface area (Å²) < 4.78 is 22.4. The number of hydrogen-bond donors (Lipinski definition) is 0. The predicted octanol–water partition coefficient (Wildman–Crippen LogP) is 4.63. The standard InChI is InChI=1S/C20H30O5/c1-5-11-23-17-14-16(9-10-19(21)22-8-4)20(25-13-7-3)18(15-17)24-12-6-2/h9-10,14-15H,5-8,11-13H2,1-4H3. The summed E-state index contributed by atoms with van der Waals surface area (Å²) >= 11 is 0. The van der Waals surface area contributed by atoms with Gasteiger partial charge in [-0.2, -0.15) is 0 Å². The van der Waals surface area contributed by atoms with Gasteiger partial charge in [0, 0.05) is 17.7 Å². The Bertz CT molecular complexity index is 551. The Labute approximate surface area is 150 Å². The van der Waals surface area contributed by atoms with Crippen molar-refractivity contribution in [2.24, 2.45) is 0 Å². The van der Waals surface area contributed by atoms with E-state index in [1.165, 1.54) is 6.08 Å². The molecule has 0 spiro atoms. The number of ether oxygens (including phenoxy) is 4. The second kappa shape index (κ2) is 12.2. The zero-order chi connectivity index (χ0) is 18.5. The normalized spacial score (nSPS) is 10.7. The highest BCUT2D eigenvalue weighted by Crippen LogP contribution is 2.37. The van der Waals surface area contributed by atoms with Gasteiger partial charge in [0.15, 0.2) is 11.5 Å². The van der Waals surface area contributed by atoms with Crippen LogP contribution in [0.4, 0.5) is 0 Å². The van der Waals surface area contributed by atoms with Crippen LogP contribution in [0.5, 0.6) is 17.2 Å². The van der Waals surface area contributed by atoms with Crippen LogP contribution in [0.15, 0.2) is 18.2 Å². The average molecular weight is 350 g/mol. The predicted molar refractivity (Wildman–Crippen MR) is 99.5 cm³/mol. The molecule has 1 rings (SSSR count). The summed E-state index contributed by atoms with van der Waals surface area (Å²) in [6.45, 7) is 10.0. The number of carbonyl (C=O) groups excluding carboxylic acids is 1. The van der Waals surface area contributed by atoms with Crippen LogP contribution in [0.25, 0.3) is 6.08 Å². The molecule has 0 unspecified atom stereocenters. The molecule has 5 nitrogen and oxygen atoms in total. The molecular weight excluding hydrogens is 320 g/mol. The van der Waals surface area contributed by atoms with E-state index in [4.69, 9.17) is 18.9 Å². The summed E-state index contributed by atoms with van der Waals surface area (Å²) in [5.41, 5.74) is 0.737. The Kier molecular flexibility index (Phi) is 10.2. The van der Waals surface area contributed by atoms with Crippen LogP contribution in [0.3, 0.4) is 0 Å². The molecule has 0 saturated carbocycles. The van der Waals surface area contributed by atoms with Gasteiger partial charge in [0.25, 0.3) is 0 Å². The molecule has 0 fully saturated rings. The molecule has 0 radical (unpaired) electrons. The summed E-state index contributed by atoms with van der Waals surface area (Å²) in [4.78, 5) is 11.6. The van der Waals surface area contributed by atoms with Crippen molar-refractivity contribution < 1.29 is 23.7 Å². The zero-order valence-corrected chi connectivity index (χ0v) is 15.8. The second-order valence-electron chi connectivity index (χ2n) is 5.47. The Morgan fingerprint density at radius 3 is 2.20 bits per heavy atom. The highest BCUT2D eigenvalue weighted by atomic mass is 16.5. The molecular formula is C20H30O5. The zero-order valence-electron chi connectivity index (χ0n) is 15.8. The lowest BCUT2D eigenvalue weighted by atomic mass is 10.1. The molecule has 0 aliphatic rings.